The van der Waals surface area contributed by atoms with Gasteiger partial charge in [-0.05, 0) is 31.2 Å². The minimum atomic E-state index is 0.534. The highest BCUT2D eigenvalue weighted by molar-refractivity contribution is 5.60. The smallest absolute Gasteiger partial charge is 0.0495 e. The molecule has 19 heavy (non-hydrogen) atoms. The fourth-order valence-electron chi connectivity index (χ4n) is 1.71. The summed E-state index contributed by atoms with van der Waals surface area (Å²) in [6.45, 7) is 9.80. The van der Waals surface area contributed by atoms with Gasteiger partial charge in [-0.25, -0.2) is 0 Å². The Morgan fingerprint density at radius 2 is 2.05 bits per heavy atom. The van der Waals surface area contributed by atoms with Crippen LogP contribution in [0.2, 0.25) is 0 Å². The number of terminal acetylenes is 1. The summed E-state index contributed by atoms with van der Waals surface area (Å²) in [7, 11) is 0. The average Bonchev–Trinajstić information content (AvgIpc) is 2.46. The van der Waals surface area contributed by atoms with E-state index in [1.807, 2.05) is 60.4 Å². The number of allylic oxidation sites excluding steroid dienone is 5. The zero-order chi connectivity index (χ0) is 14.1. The second-order valence-corrected chi connectivity index (χ2v) is 3.93. The Hall–Kier alpha value is -2.46. The topological polar surface area (TPSA) is 3.24 Å². The molecule has 0 saturated carbocycles. The number of rotatable bonds is 6. The van der Waals surface area contributed by atoms with Crippen LogP contribution in [0.5, 0.6) is 0 Å². The molecule has 0 aliphatic heterocycles. The van der Waals surface area contributed by atoms with Gasteiger partial charge in [0, 0.05) is 23.5 Å². The molecule has 0 bridgehead atoms. The van der Waals surface area contributed by atoms with Crippen LogP contribution in [-0.2, 0) is 0 Å². The molecule has 96 valence electrons. The number of anilines is 1. The normalized spacial score (nSPS) is 11.1. The van der Waals surface area contributed by atoms with E-state index < -0.39 is 0 Å². The fraction of sp³-hybridized carbons (Fsp3) is 0.111. The van der Waals surface area contributed by atoms with E-state index >= 15 is 0 Å². The molecule has 1 nitrogen and oxygen atoms in total. The van der Waals surface area contributed by atoms with Crippen molar-refractivity contribution in [3.63, 3.8) is 0 Å². The van der Waals surface area contributed by atoms with E-state index in [2.05, 4.69) is 19.1 Å². The van der Waals surface area contributed by atoms with E-state index in [0.29, 0.717) is 6.42 Å². The lowest BCUT2D eigenvalue weighted by Gasteiger charge is -2.27. The largest absolute Gasteiger partial charge is 0.314 e. The molecule has 0 unspecified atom stereocenters. The zero-order valence-electron chi connectivity index (χ0n) is 11.3. The Kier molecular flexibility index (Phi) is 5.98. The lowest BCUT2D eigenvalue weighted by atomic mass is 10.2. The van der Waals surface area contributed by atoms with Crippen LogP contribution in [0.3, 0.4) is 0 Å². The second kappa shape index (κ2) is 7.79. The van der Waals surface area contributed by atoms with Crippen molar-refractivity contribution < 1.29 is 0 Å². The molecule has 1 rings (SSSR count). The van der Waals surface area contributed by atoms with Gasteiger partial charge in [0.1, 0.15) is 0 Å². The van der Waals surface area contributed by atoms with Gasteiger partial charge in [0.25, 0.3) is 0 Å². The van der Waals surface area contributed by atoms with Gasteiger partial charge in [-0.2, -0.15) is 0 Å². The summed E-state index contributed by atoms with van der Waals surface area (Å²) >= 11 is 0. The van der Waals surface area contributed by atoms with Crippen LogP contribution in [-0.4, -0.2) is 0 Å². The van der Waals surface area contributed by atoms with Crippen molar-refractivity contribution in [2.45, 2.75) is 13.3 Å². The van der Waals surface area contributed by atoms with Gasteiger partial charge >= 0.3 is 0 Å². The van der Waals surface area contributed by atoms with E-state index in [-0.39, 0.29) is 0 Å². The minimum Gasteiger partial charge on any atom is -0.314 e. The maximum atomic E-state index is 5.46. The van der Waals surface area contributed by atoms with E-state index in [0.717, 1.165) is 17.1 Å². The Morgan fingerprint density at radius 1 is 1.37 bits per heavy atom. The van der Waals surface area contributed by atoms with Gasteiger partial charge in [-0.3, -0.25) is 0 Å². The monoisotopic (exact) mass is 249 g/mol. The van der Waals surface area contributed by atoms with Crippen LogP contribution < -0.4 is 4.90 Å². The van der Waals surface area contributed by atoms with Crippen LogP contribution in [0.1, 0.15) is 13.3 Å². The van der Waals surface area contributed by atoms with Crippen molar-refractivity contribution in [3.8, 4) is 12.3 Å². The van der Waals surface area contributed by atoms with Crippen molar-refractivity contribution >= 4 is 5.69 Å². The Balaban J connectivity index is 3.26. The van der Waals surface area contributed by atoms with Crippen molar-refractivity contribution in [2.75, 3.05) is 4.90 Å². The summed E-state index contributed by atoms with van der Waals surface area (Å²) in [6.07, 6.45) is 13.7. The molecule has 0 aliphatic carbocycles. The van der Waals surface area contributed by atoms with Gasteiger partial charge in [-0.15, -0.1) is 12.3 Å². The molecule has 0 heterocycles. The number of benzene rings is 1. The lowest BCUT2D eigenvalue weighted by Crippen LogP contribution is -2.19. The van der Waals surface area contributed by atoms with Crippen LogP contribution in [0.4, 0.5) is 5.69 Å². The maximum absolute atomic E-state index is 5.46. The van der Waals surface area contributed by atoms with Gasteiger partial charge in [0.05, 0.1) is 0 Å². The summed E-state index contributed by atoms with van der Waals surface area (Å²) in [4.78, 5) is 2.02. The van der Waals surface area contributed by atoms with Crippen LogP contribution in [0.15, 0.2) is 79.2 Å². The summed E-state index contributed by atoms with van der Waals surface area (Å²) < 4.78 is 0. The van der Waals surface area contributed by atoms with E-state index in [9.17, 15) is 0 Å². The lowest BCUT2D eigenvalue weighted by molar-refractivity contribution is 1.06. The summed E-state index contributed by atoms with van der Waals surface area (Å²) in [5.41, 5.74) is 2.83. The third-order valence-electron chi connectivity index (χ3n) is 2.59. The molecule has 1 heteroatoms. The third-order valence-corrected chi connectivity index (χ3v) is 2.59. The van der Waals surface area contributed by atoms with Crippen molar-refractivity contribution in [3.05, 3.63) is 79.2 Å². The molecule has 0 aromatic heterocycles. The van der Waals surface area contributed by atoms with Crippen LogP contribution >= 0.6 is 0 Å². The molecule has 0 amide bonds. The van der Waals surface area contributed by atoms with Gasteiger partial charge < -0.3 is 4.90 Å². The molecule has 0 radical (unpaired) electrons. The first kappa shape index (κ1) is 14.6. The fourth-order valence-corrected chi connectivity index (χ4v) is 1.71. The first-order chi connectivity index (χ1) is 9.24. The predicted molar refractivity (Wildman–Crippen MR) is 84.6 cm³/mol. The van der Waals surface area contributed by atoms with E-state index in [4.69, 9.17) is 6.42 Å². The van der Waals surface area contributed by atoms with Gasteiger partial charge in [0.2, 0.25) is 0 Å². The van der Waals surface area contributed by atoms with E-state index in [1.54, 1.807) is 6.08 Å². The molecule has 0 atom stereocenters. The van der Waals surface area contributed by atoms with Crippen LogP contribution in [0.25, 0.3) is 0 Å². The molecule has 1 aromatic carbocycles. The standard InChI is InChI=1S/C18H19N/c1-5-8-13-17(12-6-2)19(16(4)7-3)18-14-10-9-11-15-18/h2,5,7-11,13-15H,3-4,12H2,1H3/b8-5-,17-13+. The number of hydrogen-bond acceptors (Lipinski definition) is 1. The quantitative estimate of drug-likeness (QED) is 0.523. The van der Waals surface area contributed by atoms with Gasteiger partial charge in [-0.1, -0.05) is 43.5 Å². The number of nitrogens with zero attached hydrogens (tertiary/aromatic N) is 1. The SMILES string of the molecule is C#CC/C(=C\C=C/C)N(C(=C)C=C)c1ccccc1. The third kappa shape index (κ3) is 4.04. The summed E-state index contributed by atoms with van der Waals surface area (Å²) in [5, 5.41) is 0. The van der Waals surface area contributed by atoms with Crippen LogP contribution in [0, 0.1) is 12.3 Å². The molecule has 1 aromatic rings. The molecule has 0 saturated heterocycles. The minimum absolute atomic E-state index is 0.534. The molecule has 0 N–H and O–H groups in total. The highest BCUT2D eigenvalue weighted by Gasteiger charge is 2.12. The van der Waals surface area contributed by atoms with Crippen molar-refractivity contribution in [1.82, 2.24) is 0 Å². The number of hydrogen-bond donors (Lipinski definition) is 0. The number of para-hydroxylation sites is 1. The zero-order valence-corrected chi connectivity index (χ0v) is 11.3. The highest BCUT2D eigenvalue weighted by Crippen LogP contribution is 2.25. The molecular formula is C18H19N. The maximum Gasteiger partial charge on any atom is 0.0495 e. The predicted octanol–water partition coefficient (Wildman–Crippen LogP) is 4.68. The Labute approximate surface area is 116 Å². The first-order valence-electron chi connectivity index (χ1n) is 6.16. The molecule has 0 aliphatic rings. The highest BCUT2D eigenvalue weighted by atomic mass is 15.1. The van der Waals surface area contributed by atoms with Crippen molar-refractivity contribution in [2.24, 2.45) is 0 Å². The Morgan fingerprint density at radius 3 is 2.58 bits per heavy atom. The molecule has 0 spiro atoms. The second-order valence-electron chi connectivity index (χ2n) is 3.93. The van der Waals surface area contributed by atoms with Crippen molar-refractivity contribution in [1.29, 1.82) is 0 Å². The average molecular weight is 249 g/mol. The van der Waals surface area contributed by atoms with Gasteiger partial charge in [0.15, 0.2) is 0 Å². The van der Waals surface area contributed by atoms with E-state index in [1.165, 1.54) is 0 Å². The first-order valence-corrected chi connectivity index (χ1v) is 6.16. The Bertz CT molecular complexity index is 527. The molecule has 0 fully saturated rings. The summed E-state index contributed by atoms with van der Waals surface area (Å²) in [6, 6.07) is 10.0. The summed E-state index contributed by atoms with van der Waals surface area (Å²) in [5.74, 6) is 2.69. The molecular weight excluding hydrogens is 230 g/mol.